The molecule has 1 aromatic carbocycles. The van der Waals surface area contributed by atoms with Crippen molar-refractivity contribution in [3.63, 3.8) is 0 Å². The van der Waals surface area contributed by atoms with Gasteiger partial charge in [0.05, 0.1) is 25.4 Å². The average Bonchev–Trinajstić information content (AvgIpc) is 2.73. The van der Waals surface area contributed by atoms with Crippen LogP contribution >= 0.6 is 0 Å². The quantitative estimate of drug-likeness (QED) is 0.430. The van der Waals surface area contributed by atoms with E-state index in [0.717, 1.165) is 63.8 Å². The molecule has 0 spiro atoms. The van der Waals surface area contributed by atoms with Crippen LogP contribution in [0.15, 0.2) is 23.2 Å². The van der Waals surface area contributed by atoms with Crippen molar-refractivity contribution in [2.24, 2.45) is 4.99 Å². The van der Waals surface area contributed by atoms with Crippen molar-refractivity contribution in [3.8, 4) is 5.75 Å². The fourth-order valence-corrected chi connectivity index (χ4v) is 4.10. The Kier molecular flexibility index (Phi) is 8.62. The predicted molar refractivity (Wildman–Crippen MR) is 117 cm³/mol. The Morgan fingerprint density at radius 1 is 1.14 bits per heavy atom. The Bertz CT molecular complexity index is 631. The highest BCUT2D eigenvalue weighted by molar-refractivity contribution is 5.79. The molecule has 2 heterocycles. The smallest absolute Gasteiger partial charge is 0.193 e. The summed E-state index contributed by atoms with van der Waals surface area (Å²) in [6, 6.07) is 6.30. The zero-order valence-corrected chi connectivity index (χ0v) is 18.3. The number of piperidine rings is 1. The standard InChI is InChI=1S/C23H37N3O3/c1-18-14-19(2)16-22(15-18)28-13-9-25-23(24-3)26-10-7-20(8-11-26)29-17-21-6-4-5-12-27-21/h14-16,20-21H,4-13,17H2,1-3H3,(H,24,25). The van der Waals surface area contributed by atoms with Crippen molar-refractivity contribution in [1.82, 2.24) is 10.2 Å². The third-order valence-electron chi connectivity index (χ3n) is 5.59. The first-order chi connectivity index (χ1) is 14.1. The molecule has 0 bridgehead atoms. The van der Waals surface area contributed by atoms with Crippen LogP contribution in [-0.2, 0) is 9.47 Å². The Hall–Kier alpha value is -1.79. The first-order valence-corrected chi connectivity index (χ1v) is 11.0. The minimum atomic E-state index is 0.299. The van der Waals surface area contributed by atoms with Gasteiger partial charge in [0.15, 0.2) is 5.96 Å². The molecule has 0 amide bonds. The minimum Gasteiger partial charge on any atom is -0.492 e. The largest absolute Gasteiger partial charge is 0.492 e. The van der Waals surface area contributed by atoms with Gasteiger partial charge >= 0.3 is 0 Å². The number of nitrogens with zero attached hydrogens (tertiary/aromatic N) is 2. The average molecular weight is 404 g/mol. The Labute approximate surface area is 175 Å². The van der Waals surface area contributed by atoms with Crippen molar-refractivity contribution >= 4 is 5.96 Å². The molecule has 6 heteroatoms. The number of ether oxygens (including phenoxy) is 3. The van der Waals surface area contributed by atoms with Crippen molar-refractivity contribution in [3.05, 3.63) is 29.3 Å². The molecule has 2 fully saturated rings. The first-order valence-electron chi connectivity index (χ1n) is 11.0. The van der Waals surface area contributed by atoms with Crippen LogP contribution in [0.3, 0.4) is 0 Å². The normalized spacial score (nSPS) is 21.3. The van der Waals surface area contributed by atoms with Gasteiger partial charge in [-0.25, -0.2) is 0 Å². The molecule has 29 heavy (non-hydrogen) atoms. The highest BCUT2D eigenvalue weighted by Gasteiger charge is 2.23. The molecular formula is C23H37N3O3. The lowest BCUT2D eigenvalue weighted by atomic mass is 10.1. The third kappa shape index (κ3) is 7.19. The molecular weight excluding hydrogens is 366 g/mol. The number of benzene rings is 1. The van der Waals surface area contributed by atoms with Gasteiger partial charge < -0.3 is 24.4 Å². The second-order valence-electron chi connectivity index (χ2n) is 8.15. The molecule has 1 N–H and O–H groups in total. The summed E-state index contributed by atoms with van der Waals surface area (Å²) in [6.07, 6.45) is 6.30. The number of guanidine groups is 1. The Morgan fingerprint density at radius 3 is 2.55 bits per heavy atom. The maximum atomic E-state index is 6.12. The lowest BCUT2D eigenvalue weighted by Crippen LogP contribution is -2.48. The third-order valence-corrected chi connectivity index (χ3v) is 5.59. The van der Waals surface area contributed by atoms with Crippen LogP contribution in [0.4, 0.5) is 0 Å². The van der Waals surface area contributed by atoms with Gasteiger partial charge in [-0.1, -0.05) is 6.07 Å². The molecule has 1 atom stereocenters. The molecule has 6 nitrogen and oxygen atoms in total. The van der Waals surface area contributed by atoms with Gasteiger partial charge in [-0.15, -0.1) is 0 Å². The van der Waals surface area contributed by atoms with E-state index in [1.54, 1.807) is 0 Å². The molecule has 1 unspecified atom stereocenters. The Balaban J connectivity index is 1.33. The summed E-state index contributed by atoms with van der Waals surface area (Å²) in [7, 11) is 1.84. The van der Waals surface area contributed by atoms with Gasteiger partial charge in [0.1, 0.15) is 12.4 Å². The van der Waals surface area contributed by atoms with E-state index in [1.165, 1.54) is 24.0 Å². The molecule has 2 aliphatic rings. The Morgan fingerprint density at radius 2 is 1.90 bits per heavy atom. The van der Waals surface area contributed by atoms with Gasteiger partial charge in [0.25, 0.3) is 0 Å². The van der Waals surface area contributed by atoms with Crippen molar-refractivity contribution in [2.75, 3.05) is 46.5 Å². The van der Waals surface area contributed by atoms with Crippen LogP contribution in [-0.4, -0.2) is 69.6 Å². The topological polar surface area (TPSA) is 55.3 Å². The van der Waals surface area contributed by atoms with Gasteiger partial charge in [-0.2, -0.15) is 0 Å². The number of rotatable bonds is 7. The highest BCUT2D eigenvalue weighted by atomic mass is 16.5. The van der Waals surface area contributed by atoms with Crippen molar-refractivity contribution < 1.29 is 14.2 Å². The van der Waals surface area contributed by atoms with E-state index in [9.17, 15) is 0 Å². The van der Waals surface area contributed by atoms with Crippen molar-refractivity contribution in [2.45, 2.75) is 58.2 Å². The molecule has 3 rings (SSSR count). The van der Waals surface area contributed by atoms with E-state index < -0.39 is 0 Å². The SMILES string of the molecule is CN=C(NCCOc1cc(C)cc(C)c1)N1CCC(OCC2CCCCO2)CC1. The molecule has 2 saturated heterocycles. The number of nitrogens with one attached hydrogen (secondary N) is 1. The summed E-state index contributed by atoms with van der Waals surface area (Å²) in [5.74, 6) is 1.88. The first kappa shape index (κ1) is 21.9. The minimum absolute atomic E-state index is 0.299. The number of aryl methyl sites for hydroxylation is 2. The number of hydrogen-bond acceptors (Lipinski definition) is 4. The number of hydrogen-bond donors (Lipinski definition) is 1. The van der Waals surface area contributed by atoms with Gasteiger partial charge in [-0.3, -0.25) is 4.99 Å². The van der Waals surface area contributed by atoms with Crippen LogP contribution in [0.5, 0.6) is 5.75 Å². The lowest BCUT2D eigenvalue weighted by molar-refractivity contribution is -0.0721. The highest BCUT2D eigenvalue weighted by Crippen LogP contribution is 2.18. The predicted octanol–water partition coefficient (Wildman–Crippen LogP) is 3.31. The molecule has 1 aromatic rings. The molecule has 0 aromatic heterocycles. The fourth-order valence-electron chi connectivity index (χ4n) is 4.10. The van der Waals surface area contributed by atoms with Crippen LogP contribution in [0, 0.1) is 13.8 Å². The van der Waals surface area contributed by atoms with Gasteiger partial charge in [0, 0.05) is 26.7 Å². The summed E-state index contributed by atoms with van der Waals surface area (Å²) in [6.45, 7) is 9.10. The zero-order chi connectivity index (χ0) is 20.5. The molecule has 2 aliphatic heterocycles. The van der Waals surface area contributed by atoms with E-state index in [1.807, 2.05) is 7.05 Å². The molecule has 0 saturated carbocycles. The molecule has 0 radical (unpaired) electrons. The summed E-state index contributed by atoms with van der Waals surface area (Å²) in [4.78, 5) is 6.76. The van der Waals surface area contributed by atoms with E-state index in [0.29, 0.717) is 18.8 Å². The number of aliphatic imine (C=N–C) groups is 1. The summed E-state index contributed by atoms with van der Waals surface area (Å²) in [5.41, 5.74) is 2.45. The molecule has 0 aliphatic carbocycles. The fraction of sp³-hybridized carbons (Fsp3) is 0.696. The second-order valence-corrected chi connectivity index (χ2v) is 8.15. The van der Waals surface area contributed by atoms with Crippen LogP contribution in [0.2, 0.25) is 0 Å². The van der Waals surface area contributed by atoms with Gasteiger partial charge in [0.2, 0.25) is 0 Å². The van der Waals surface area contributed by atoms with Crippen molar-refractivity contribution in [1.29, 1.82) is 0 Å². The summed E-state index contributed by atoms with van der Waals surface area (Å²) >= 11 is 0. The van der Waals surface area contributed by atoms with E-state index >= 15 is 0 Å². The van der Waals surface area contributed by atoms with Gasteiger partial charge in [-0.05, 0) is 69.2 Å². The zero-order valence-electron chi connectivity index (χ0n) is 18.3. The molecule has 162 valence electrons. The summed E-state index contributed by atoms with van der Waals surface area (Å²) < 4.78 is 17.8. The lowest BCUT2D eigenvalue weighted by Gasteiger charge is -2.35. The monoisotopic (exact) mass is 403 g/mol. The maximum absolute atomic E-state index is 6.12. The second kappa shape index (κ2) is 11.4. The van der Waals surface area contributed by atoms with Crippen LogP contribution in [0.1, 0.15) is 43.2 Å². The van der Waals surface area contributed by atoms with E-state index in [4.69, 9.17) is 14.2 Å². The maximum Gasteiger partial charge on any atom is 0.193 e. The summed E-state index contributed by atoms with van der Waals surface area (Å²) in [5, 5.41) is 3.43. The van der Waals surface area contributed by atoms with E-state index in [2.05, 4.69) is 47.3 Å². The number of likely N-dealkylation sites (tertiary alicyclic amines) is 1. The van der Waals surface area contributed by atoms with Crippen LogP contribution in [0.25, 0.3) is 0 Å². The van der Waals surface area contributed by atoms with Crippen LogP contribution < -0.4 is 10.1 Å². The van der Waals surface area contributed by atoms with E-state index in [-0.39, 0.29) is 0 Å².